The van der Waals surface area contributed by atoms with E-state index in [9.17, 15) is 14.4 Å². The summed E-state index contributed by atoms with van der Waals surface area (Å²) in [7, 11) is 0. The van der Waals surface area contributed by atoms with Gasteiger partial charge in [-0.25, -0.2) is 0 Å². The molecule has 28 heavy (non-hydrogen) atoms. The summed E-state index contributed by atoms with van der Waals surface area (Å²) in [6, 6.07) is 10.6. The number of carbonyl (C=O) groups is 2. The monoisotopic (exact) mass is 376 g/mol. The number of furan rings is 1. The van der Waals surface area contributed by atoms with Crippen LogP contribution in [0.5, 0.6) is 0 Å². The van der Waals surface area contributed by atoms with Crippen molar-refractivity contribution in [1.29, 1.82) is 0 Å². The van der Waals surface area contributed by atoms with Crippen molar-refractivity contribution >= 4 is 17.4 Å². The molecular weight excluding hydrogens is 356 g/mol. The Morgan fingerprint density at radius 3 is 2.68 bits per heavy atom. The molecule has 1 aliphatic rings. The van der Waals surface area contributed by atoms with Gasteiger partial charge in [-0.05, 0) is 50.1 Å². The zero-order valence-electron chi connectivity index (χ0n) is 15.7. The Hall–Kier alpha value is -3.41. The normalized spacial score (nSPS) is 15.9. The standard InChI is InChI=1S/C22H20N2O4/c1-12-5-6-17(13(2)8-12)23-21(26)16-11-15-18(24-22(16)27)9-14(10-19(15)25)20-4-3-7-28-20/h3-8,11,14H,9-10H2,1-2H3,(H,23,26)(H,24,27). The Morgan fingerprint density at radius 1 is 1.14 bits per heavy atom. The predicted octanol–water partition coefficient (Wildman–Crippen LogP) is 3.75. The first kappa shape index (κ1) is 18.0. The smallest absolute Gasteiger partial charge is 0.261 e. The van der Waals surface area contributed by atoms with Gasteiger partial charge in [0.15, 0.2) is 5.78 Å². The van der Waals surface area contributed by atoms with Crippen molar-refractivity contribution in [2.75, 3.05) is 5.32 Å². The van der Waals surface area contributed by atoms with E-state index < -0.39 is 11.5 Å². The molecule has 0 saturated heterocycles. The molecule has 142 valence electrons. The molecule has 1 amide bonds. The van der Waals surface area contributed by atoms with E-state index in [0.29, 0.717) is 23.4 Å². The number of Topliss-reactive ketones (excluding diaryl/α,β-unsaturated/α-hetero) is 1. The summed E-state index contributed by atoms with van der Waals surface area (Å²) in [6.45, 7) is 3.85. The first-order valence-electron chi connectivity index (χ1n) is 9.14. The third-order valence-corrected chi connectivity index (χ3v) is 5.13. The van der Waals surface area contributed by atoms with Crippen LogP contribution in [0, 0.1) is 13.8 Å². The summed E-state index contributed by atoms with van der Waals surface area (Å²) in [4.78, 5) is 40.5. The highest BCUT2D eigenvalue weighted by Gasteiger charge is 2.30. The number of ketones is 1. The maximum absolute atomic E-state index is 12.7. The van der Waals surface area contributed by atoms with E-state index >= 15 is 0 Å². The maximum atomic E-state index is 12.7. The van der Waals surface area contributed by atoms with Gasteiger partial charge >= 0.3 is 0 Å². The zero-order chi connectivity index (χ0) is 19.8. The summed E-state index contributed by atoms with van der Waals surface area (Å²) < 4.78 is 5.41. The molecule has 0 spiro atoms. The average molecular weight is 376 g/mol. The van der Waals surface area contributed by atoms with Gasteiger partial charge in [0.25, 0.3) is 11.5 Å². The number of fused-ring (bicyclic) bond motifs is 1. The Balaban J connectivity index is 1.64. The van der Waals surface area contributed by atoms with Crippen LogP contribution in [0.15, 0.2) is 51.9 Å². The molecule has 1 unspecified atom stereocenters. The first-order chi connectivity index (χ1) is 13.4. The number of carbonyl (C=O) groups excluding carboxylic acids is 2. The van der Waals surface area contributed by atoms with Gasteiger partial charge < -0.3 is 14.7 Å². The number of aromatic amines is 1. The lowest BCUT2D eigenvalue weighted by atomic mass is 9.84. The fourth-order valence-corrected chi connectivity index (χ4v) is 3.67. The molecule has 1 aromatic carbocycles. The molecule has 0 radical (unpaired) electrons. The summed E-state index contributed by atoms with van der Waals surface area (Å²) in [5.74, 6) is -0.0338. The van der Waals surface area contributed by atoms with E-state index in [-0.39, 0.29) is 23.7 Å². The van der Waals surface area contributed by atoms with Gasteiger partial charge in [-0.2, -0.15) is 0 Å². The fraction of sp³-hybridized carbons (Fsp3) is 0.227. The lowest BCUT2D eigenvalue weighted by molar-refractivity contribution is 0.0959. The van der Waals surface area contributed by atoms with Gasteiger partial charge in [-0.15, -0.1) is 0 Å². The van der Waals surface area contributed by atoms with Crippen molar-refractivity contribution in [2.24, 2.45) is 0 Å². The van der Waals surface area contributed by atoms with Crippen molar-refractivity contribution in [1.82, 2.24) is 4.98 Å². The SMILES string of the molecule is Cc1ccc(NC(=O)c2cc3c([nH]c2=O)CC(c2ccco2)CC3=O)c(C)c1. The summed E-state index contributed by atoms with van der Waals surface area (Å²) >= 11 is 0. The molecule has 2 N–H and O–H groups in total. The van der Waals surface area contributed by atoms with Crippen LogP contribution in [-0.4, -0.2) is 16.7 Å². The van der Waals surface area contributed by atoms with E-state index in [1.54, 1.807) is 18.4 Å². The number of rotatable bonds is 3. The third-order valence-electron chi connectivity index (χ3n) is 5.13. The lowest BCUT2D eigenvalue weighted by Gasteiger charge is -2.22. The molecule has 0 aliphatic heterocycles. The highest BCUT2D eigenvalue weighted by Crippen LogP contribution is 2.31. The molecular formula is C22H20N2O4. The Kier molecular flexibility index (Phi) is 4.47. The van der Waals surface area contributed by atoms with Crippen LogP contribution in [-0.2, 0) is 6.42 Å². The summed E-state index contributed by atoms with van der Waals surface area (Å²) in [6.07, 6.45) is 2.34. The molecule has 6 nitrogen and oxygen atoms in total. The van der Waals surface area contributed by atoms with Gasteiger partial charge in [-0.1, -0.05) is 17.7 Å². The van der Waals surface area contributed by atoms with Crippen molar-refractivity contribution in [2.45, 2.75) is 32.6 Å². The van der Waals surface area contributed by atoms with Crippen molar-refractivity contribution in [3.63, 3.8) is 0 Å². The Labute approximate surface area is 161 Å². The second-order valence-electron chi connectivity index (χ2n) is 7.22. The minimum atomic E-state index is -0.531. The zero-order valence-corrected chi connectivity index (χ0v) is 15.7. The molecule has 3 aromatic rings. The van der Waals surface area contributed by atoms with E-state index in [1.807, 2.05) is 32.0 Å². The number of hydrogen-bond acceptors (Lipinski definition) is 4. The quantitative estimate of drug-likeness (QED) is 0.728. The Bertz CT molecular complexity index is 1130. The van der Waals surface area contributed by atoms with Crippen molar-refractivity contribution < 1.29 is 14.0 Å². The lowest BCUT2D eigenvalue weighted by Crippen LogP contribution is -2.29. The van der Waals surface area contributed by atoms with Gasteiger partial charge in [0.05, 0.1) is 6.26 Å². The second kappa shape index (κ2) is 6.96. The molecule has 0 bridgehead atoms. The average Bonchev–Trinajstić information content (AvgIpc) is 3.18. The number of nitrogens with one attached hydrogen (secondary N) is 2. The van der Waals surface area contributed by atoms with Gasteiger partial charge in [0.2, 0.25) is 0 Å². The van der Waals surface area contributed by atoms with Crippen molar-refractivity contribution in [3.05, 3.63) is 86.7 Å². The van der Waals surface area contributed by atoms with E-state index in [4.69, 9.17) is 4.42 Å². The number of H-pyrrole nitrogens is 1. The highest BCUT2D eigenvalue weighted by atomic mass is 16.3. The third kappa shape index (κ3) is 3.29. The number of hydrogen-bond donors (Lipinski definition) is 2. The molecule has 4 rings (SSSR count). The van der Waals surface area contributed by atoms with Gasteiger partial charge in [0.1, 0.15) is 11.3 Å². The minimum absolute atomic E-state index is 0.0662. The van der Waals surface area contributed by atoms with Gasteiger partial charge in [-0.3, -0.25) is 14.4 Å². The second-order valence-corrected chi connectivity index (χ2v) is 7.22. The molecule has 2 heterocycles. The van der Waals surface area contributed by atoms with Crippen molar-refractivity contribution in [3.8, 4) is 0 Å². The minimum Gasteiger partial charge on any atom is -0.469 e. The number of aromatic nitrogens is 1. The van der Waals surface area contributed by atoms with Crippen LogP contribution in [0.25, 0.3) is 0 Å². The topological polar surface area (TPSA) is 92.2 Å². The highest BCUT2D eigenvalue weighted by molar-refractivity contribution is 6.07. The summed E-state index contributed by atoms with van der Waals surface area (Å²) in [5.41, 5.74) is 2.99. The van der Waals surface area contributed by atoms with Crippen LogP contribution in [0.3, 0.4) is 0 Å². The molecule has 1 atom stereocenters. The van der Waals surface area contributed by atoms with E-state index in [0.717, 1.165) is 16.9 Å². The van der Waals surface area contributed by atoms with Gasteiger partial charge in [0, 0.05) is 29.3 Å². The molecule has 6 heteroatoms. The van der Waals surface area contributed by atoms with Crippen LogP contribution >= 0.6 is 0 Å². The summed E-state index contributed by atoms with van der Waals surface area (Å²) in [5, 5.41) is 2.76. The van der Waals surface area contributed by atoms with Crippen LogP contribution < -0.4 is 10.9 Å². The molecule has 1 aliphatic carbocycles. The molecule has 2 aromatic heterocycles. The number of aryl methyl sites for hydroxylation is 2. The van der Waals surface area contributed by atoms with E-state index in [1.165, 1.54) is 6.07 Å². The number of amides is 1. The largest absolute Gasteiger partial charge is 0.469 e. The van der Waals surface area contributed by atoms with E-state index in [2.05, 4.69) is 10.3 Å². The van der Waals surface area contributed by atoms with Crippen LogP contribution in [0.2, 0.25) is 0 Å². The van der Waals surface area contributed by atoms with Crippen LogP contribution in [0.4, 0.5) is 5.69 Å². The number of benzene rings is 1. The fourth-order valence-electron chi connectivity index (χ4n) is 3.67. The number of pyridine rings is 1. The van der Waals surface area contributed by atoms with Crippen LogP contribution in [0.1, 0.15) is 55.6 Å². The predicted molar refractivity (Wildman–Crippen MR) is 105 cm³/mol. The molecule has 0 fully saturated rings. The number of anilines is 1. The first-order valence-corrected chi connectivity index (χ1v) is 9.14. The maximum Gasteiger partial charge on any atom is 0.261 e. The Morgan fingerprint density at radius 2 is 1.96 bits per heavy atom. The molecule has 0 saturated carbocycles.